The second kappa shape index (κ2) is 9.60. The highest BCUT2D eigenvalue weighted by Gasteiger charge is 2.40. The molecule has 172 valence electrons. The number of nitrogens with zero attached hydrogens (tertiary/aromatic N) is 5. The average molecular weight is 453 g/mol. The van der Waals surface area contributed by atoms with Gasteiger partial charge in [0, 0.05) is 17.8 Å². The number of rotatable bonds is 9. The first kappa shape index (κ1) is 22.8. The number of halogens is 2. The Kier molecular flexibility index (Phi) is 6.62. The second-order valence-electron chi connectivity index (χ2n) is 8.09. The molecule has 0 unspecified atom stereocenters. The van der Waals surface area contributed by atoms with Crippen molar-refractivity contribution in [3.05, 3.63) is 101 Å². The van der Waals surface area contributed by atoms with Crippen LogP contribution in [0.2, 0.25) is 0 Å². The minimum absolute atomic E-state index is 0.0862. The smallest absolute Gasteiger partial charge is 0.138 e. The van der Waals surface area contributed by atoms with Crippen molar-refractivity contribution in [1.29, 1.82) is 0 Å². The van der Waals surface area contributed by atoms with Crippen molar-refractivity contribution in [1.82, 2.24) is 24.5 Å². The molecule has 33 heavy (non-hydrogen) atoms. The van der Waals surface area contributed by atoms with Crippen LogP contribution >= 0.6 is 0 Å². The fourth-order valence-electron chi connectivity index (χ4n) is 3.75. The molecule has 2 aromatic carbocycles. The quantitative estimate of drug-likeness (QED) is 0.419. The van der Waals surface area contributed by atoms with Gasteiger partial charge in [-0.25, -0.2) is 18.4 Å². The fraction of sp³-hybridized carbons (Fsp3) is 0.292. The van der Waals surface area contributed by atoms with Gasteiger partial charge in [0.2, 0.25) is 0 Å². The summed E-state index contributed by atoms with van der Waals surface area (Å²) in [7, 11) is 0. The van der Waals surface area contributed by atoms with Crippen LogP contribution in [0.1, 0.15) is 29.3 Å². The molecular weight excluding hydrogens is 428 g/mol. The Morgan fingerprint density at radius 3 is 2.70 bits per heavy atom. The molecule has 0 amide bonds. The molecule has 9 heteroatoms. The Hall–Kier alpha value is -3.43. The van der Waals surface area contributed by atoms with E-state index >= 15 is 0 Å². The highest BCUT2D eigenvalue weighted by molar-refractivity contribution is 5.26. The normalized spacial score (nSPS) is 14.2. The van der Waals surface area contributed by atoms with E-state index in [1.54, 1.807) is 11.6 Å². The monoisotopic (exact) mass is 453 g/mol. The molecule has 0 radical (unpaired) electrons. The number of hydrogen-bond acceptors (Lipinski definition) is 5. The molecule has 2 heterocycles. The number of aromatic nitrogens is 5. The second-order valence-corrected chi connectivity index (χ2v) is 8.09. The van der Waals surface area contributed by atoms with Crippen molar-refractivity contribution >= 4 is 0 Å². The predicted molar refractivity (Wildman–Crippen MR) is 117 cm³/mol. The first-order valence-corrected chi connectivity index (χ1v) is 10.5. The van der Waals surface area contributed by atoms with E-state index in [9.17, 15) is 13.9 Å². The summed E-state index contributed by atoms with van der Waals surface area (Å²) in [6.07, 6.45) is 3.70. The molecule has 1 N–H and O–H groups in total. The minimum atomic E-state index is -1.82. The van der Waals surface area contributed by atoms with Gasteiger partial charge in [0.1, 0.15) is 29.9 Å². The molecule has 2 atom stereocenters. The van der Waals surface area contributed by atoms with Gasteiger partial charge in [0.15, 0.2) is 0 Å². The molecule has 0 aliphatic rings. The molecule has 2 aromatic heterocycles. The lowest BCUT2D eigenvalue weighted by Gasteiger charge is -2.34. The first-order valence-electron chi connectivity index (χ1n) is 10.5. The highest BCUT2D eigenvalue weighted by atomic mass is 19.1. The molecule has 0 bridgehead atoms. The van der Waals surface area contributed by atoms with E-state index in [2.05, 4.69) is 21.2 Å². The molecule has 4 rings (SSSR count). The lowest BCUT2D eigenvalue weighted by Crippen LogP contribution is -2.44. The third-order valence-electron chi connectivity index (χ3n) is 5.54. The zero-order valence-electron chi connectivity index (χ0n) is 18.4. The van der Waals surface area contributed by atoms with Gasteiger partial charge in [-0.15, -0.1) is 0 Å². The Morgan fingerprint density at radius 1 is 1.12 bits per heavy atom. The largest absolute Gasteiger partial charge is 0.380 e. The van der Waals surface area contributed by atoms with Gasteiger partial charge in [0.25, 0.3) is 0 Å². The van der Waals surface area contributed by atoms with Crippen molar-refractivity contribution in [3.8, 4) is 0 Å². The molecule has 0 saturated carbocycles. The van der Waals surface area contributed by atoms with Crippen LogP contribution in [0.15, 0.2) is 67.4 Å². The van der Waals surface area contributed by atoms with Crippen LogP contribution in [0.4, 0.5) is 8.78 Å². The molecule has 7 nitrogen and oxygen atoms in total. The van der Waals surface area contributed by atoms with Gasteiger partial charge >= 0.3 is 0 Å². The maximum atomic E-state index is 14.6. The van der Waals surface area contributed by atoms with Crippen molar-refractivity contribution in [2.75, 3.05) is 0 Å². The molecule has 0 fully saturated rings. The van der Waals surface area contributed by atoms with Crippen LogP contribution in [0.5, 0.6) is 0 Å². The van der Waals surface area contributed by atoms with Crippen molar-refractivity contribution in [2.24, 2.45) is 0 Å². The summed E-state index contributed by atoms with van der Waals surface area (Å²) in [6, 6.07) is 13.1. The molecular formula is C24H25F2N5O2. The van der Waals surface area contributed by atoms with Crippen LogP contribution in [0.25, 0.3) is 0 Å². The van der Waals surface area contributed by atoms with E-state index in [1.165, 1.54) is 29.0 Å². The van der Waals surface area contributed by atoms with E-state index in [-0.39, 0.29) is 18.7 Å². The standard InChI is InChI=1S/C24H25F2N5O2/c1-17-4-3-5-19(10-17)12-30-9-8-21(29-30)13-33-18(2)24(32,14-31-16-27-15-28-31)22-7-6-20(25)11-23(22)26/h3-11,15-16,18,32H,12-14H2,1-2H3/t18-,24-/m1/s1. The summed E-state index contributed by atoms with van der Waals surface area (Å²) in [6.45, 7) is 4.26. The van der Waals surface area contributed by atoms with Crippen LogP contribution < -0.4 is 0 Å². The van der Waals surface area contributed by atoms with E-state index in [0.29, 0.717) is 12.2 Å². The summed E-state index contributed by atoms with van der Waals surface area (Å²) >= 11 is 0. The third kappa shape index (κ3) is 5.32. The van der Waals surface area contributed by atoms with E-state index < -0.39 is 23.3 Å². The zero-order chi connectivity index (χ0) is 23.4. The topological polar surface area (TPSA) is 78.0 Å². The van der Waals surface area contributed by atoms with Crippen molar-refractivity contribution in [3.63, 3.8) is 0 Å². The van der Waals surface area contributed by atoms with Gasteiger partial charge in [-0.05, 0) is 31.5 Å². The lowest BCUT2D eigenvalue weighted by molar-refractivity contribution is -0.124. The molecule has 0 spiro atoms. The highest BCUT2D eigenvalue weighted by Crippen LogP contribution is 2.32. The molecule has 0 aliphatic heterocycles. The fourth-order valence-corrected chi connectivity index (χ4v) is 3.75. The van der Waals surface area contributed by atoms with Gasteiger partial charge in [-0.1, -0.05) is 35.9 Å². The van der Waals surface area contributed by atoms with Crippen LogP contribution in [-0.4, -0.2) is 35.8 Å². The summed E-state index contributed by atoms with van der Waals surface area (Å²) < 4.78 is 37.2. The summed E-state index contributed by atoms with van der Waals surface area (Å²) in [5.74, 6) is -1.59. The number of aryl methyl sites for hydroxylation is 1. The molecule has 4 aromatic rings. The zero-order valence-corrected chi connectivity index (χ0v) is 18.4. The Morgan fingerprint density at radius 2 is 1.97 bits per heavy atom. The Labute approximate surface area is 190 Å². The number of aliphatic hydroxyl groups is 1. The van der Waals surface area contributed by atoms with Gasteiger partial charge in [-0.3, -0.25) is 4.68 Å². The number of hydrogen-bond donors (Lipinski definition) is 1. The Bertz CT molecular complexity index is 1210. The van der Waals surface area contributed by atoms with Crippen LogP contribution in [0.3, 0.4) is 0 Å². The van der Waals surface area contributed by atoms with Crippen LogP contribution in [-0.2, 0) is 30.0 Å². The average Bonchev–Trinajstić information content (AvgIpc) is 3.44. The first-order chi connectivity index (χ1) is 15.8. The van der Waals surface area contributed by atoms with Crippen LogP contribution in [0, 0.1) is 18.6 Å². The van der Waals surface area contributed by atoms with Gasteiger partial charge in [-0.2, -0.15) is 10.2 Å². The SMILES string of the molecule is Cc1cccc(Cn2ccc(CO[C@H](C)[C@](O)(Cn3cncn3)c3ccc(F)cc3F)n2)c1. The van der Waals surface area contributed by atoms with Crippen molar-refractivity contribution in [2.45, 2.75) is 45.2 Å². The van der Waals surface area contributed by atoms with Gasteiger partial charge in [0.05, 0.1) is 31.5 Å². The lowest BCUT2D eigenvalue weighted by atomic mass is 9.88. The molecule has 0 aliphatic carbocycles. The van der Waals surface area contributed by atoms with Gasteiger partial charge < -0.3 is 9.84 Å². The number of ether oxygens (including phenoxy) is 1. The van der Waals surface area contributed by atoms with E-state index in [4.69, 9.17) is 4.74 Å². The van der Waals surface area contributed by atoms with E-state index in [1.807, 2.05) is 37.4 Å². The maximum absolute atomic E-state index is 14.6. The molecule has 0 saturated heterocycles. The summed E-state index contributed by atoms with van der Waals surface area (Å²) in [5, 5.41) is 20.0. The maximum Gasteiger partial charge on any atom is 0.138 e. The van der Waals surface area contributed by atoms with E-state index in [0.717, 1.165) is 17.7 Å². The third-order valence-corrected chi connectivity index (χ3v) is 5.54. The Balaban J connectivity index is 1.49. The summed E-state index contributed by atoms with van der Waals surface area (Å²) in [4.78, 5) is 3.87. The minimum Gasteiger partial charge on any atom is -0.380 e. The predicted octanol–water partition coefficient (Wildman–Crippen LogP) is 3.60. The summed E-state index contributed by atoms with van der Waals surface area (Å²) in [5.41, 5.74) is 1.06. The number of benzene rings is 2. The van der Waals surface area contributed by atoms with Crippen molar-refractivity contribution < 1.29 is 18.6 Å².